The third-order valence-corrected chi connectivity index (χ3v) is 7.03. The lowest BCUT2D eigenvalue weighted by atomic mass is 10.1. The van der Waals surface area contributed by atoms with Crippen LogP contribution in [0.2, 0.25) is 0 Å². The van der Waals surface area contributed by atoms with Gasteiger partial charge in [-0.25, -0.2) is 48.7 Å². The van der Waals surface area contributed by atoms with Gasteiger partial charge in [0.15, 0.2) is 46.5 Å². The van der Waals surface area contributed by atoms with Gasteiger partial charge in [-0.1, -0.05) is 6.92 Å². The second-order valence-electron chi connectivity index (χ2n) is 8.31. The topological polar surface area (TPSA) is 46.6 Å². The summed E-state index contributed by atoms with van der Waals surface area (Å²) in [4.78, 5) is 26.4. The van der Waals surface area contributed by atoms with Crippen LogP contribution in [-0.2, 0) is 26.7 Å². The quantitative estimate of drug-likeness (QED) is 0.175. The second kappa shape index (κ2) is 11.8. The molecule has 4 nitrogen and oxygen atoms in total. The van der Waals surface area contributed by atoms with Gasteiger partial charge in [0.05, 0.1) is 5.56 Å². The lowest BCUT2D eigenvalue weighted by molar-refractivity contribution is -0.155. The van der Waals surface area contributed by atoms with Crippen molar-refractivity contribution in [2.45, 2.75) is 38.2 Å². The smallest absolute Gasteiger partial charge is 0.329 e. The Morgan fingerprint density at radius 2 is 1.24 bits per heavy atom. The highest BCUT2D eigenvalue weighted by Crippen LogP contribution is 2.29. The van der Waals surface area contributed by atoms with Gasteiger partial charge in [-0.15, -0.1) is 0 Å². The fraction of sp³-hybridized carbons (Fsp3) is 0.391. The van der Waals surface area contributed by atoms with Crippen LogP contribution in [0.1, 0.15) is 30.9 Å². The Morgan fingerprint density at radius 3 is 1.74 bits per heavy atom. The van der Waals surface area contributed by atoms with Gasteiger partial charge in [0.25, 0.3) is 0 Å². The average molecular weight is 577 g/mol. The first-order valence-electron chi connectivity index (χ1n) is 10.8. The predicted molar refractivity (Wildman–Crippen MR) is 112 cm³/mol. The van der Waals surface area contributed by atoms with E-state index >= 15 is 0 Å². The largest absolute Gasteiger partial charge is 0.459 e. The van der Waals surface area contributed by atoms with Gasteiger partial charge < -0.3 is 9.64 Å². The maximum absolute atomic E-state index is 13.8. The fourth-order valence-corrected chi connectivity index (χ4v) is 4.83. The predicted octanol–water partition coefficient (Wildman–Crippen LogP) is 5.68. The van der Waals surface area contributed by atoms with Crippen molar-refractivity contribution in [3.8, 4) is 0 Å². The molecule has 0 saturated carbocycles. The van der Waals surface area contributed by atoms with Crippen molar-refractivity contribution in [1.82, 2.24) is 4.90 Å². The lowest BCUT2D eigenvalue weighted by Gasteiger charge is -2.26. The molecular weight excluding hydrogens is 560 g/mol. The molecule has 1 heterocycles. The van der Waals surface area contributed by atoms with Gasteiger partial charge in [0, 0.05) is 29.5 Å². The number of carbonyl (C=O) groups excluding carboxylic acids is 2. The monoisotopic (exact) mass is 577 g/mol. The molecular formula is C23H17F10NO3S. The number of thioether (sulfide) groups is 1. The Morgan fingerprint density at radius 1 is 0.789 bits per heavy atom. The maximum atomic E-state index is 13.8. The molecule has 208 valence electrons. The number of esters is 1. The second-order valence-corrected chi connectivity index (χ2v) is 9.34. The molecule has 1 aliphatic rings. The Bertz CT molecular complexity index is 1220. The molecule has 0 radical (unpaired) electrons. The van der Waals surface area contributed by atoms with Gasteiger partial charge >= 0.3 is 5.97 Å². The molecule has 1 amide bonds. The van der Waals surface area contributed by atoms with E-state index in [0.717, 1.165) is 4.90 Å². The summed E-state index contributed by atoms with van der Waals surface area (Å²) in [6.45, 7) is 0.133. The van der Waals surface area contributed by atoms with E-state index in [4.69, 9.17) is 4.74 Å². The zero-order chi connectivity index (χ0) is 28.5. The summed E-state index contributed by atoms with van der Waals surface area (Å²) in [5.74, 6) is -25.2. The zero-order valence-electron chi connectivity index (χ0n) is 19.3. The molecule has 0 aromatic heterocycles. The van der Waals surface area contributed by atoms with Crippen molar-refractivity contribution in [3.05, 3.63) is 69.3 Å². The van der Waals surface area contributed by atoms with E-state index in [1.165, 1.54) is 6.92 Å². The first kappa shape index (κ1) is 29.6. The summed E-state index contributed by atoms with van der Waals surface area (Å²) in [5.41, 5.74) is -2.44. The van der Waals surface area contributed by atoms with Gasteiger partial charge in [0.1, 0.15) is 12.6 Å². The number of rotatable bonds is 8. The van der Waals surface area contributed by atoms with Crippen LogP contribution in [-0.4, -0.2) is 35.1 Å². The van der Waals surface area contributed by atoms with Crippen LogP contribution in [0.4, 0.5) is 43.9 Å². The van der Waals surface area contributed by atoms with Crippen LogP contribution < -0.4 is 0 Å². The summed E-state index contributed by atoms with van der Waals surface area (Å²) >= 11 is 0.693. The molecule has 2 atom stereocenters. The van der Waals surface area contributed by atoms with Crippen LogP contribution in [0.3, 0.4) is 0 Å². The summed E-state index contributed by atoms with van der Waals surface area (Å²) in [6.07, 6.45) is 0.366. The Kier molecular flexibility index (Phi) is 9.21. The van der Waals surface area contributed by atoms with Gasteiger partial charge in [-0.05, 0) is 12.8 Å². The molecule has 0 spiro atoms. The Hall–Kier alpha value is -2.97. The van der Waals surface area contributed by atoms with E-state index in [-0.39, 0.29) is 18.7 Å². The number of amides is 1. The van der Waals surface area contributed by atoms with E-state index in [0.29, 0.717) is 18.2 Å². The van der Waals surface area contributed by atoms with E-state index in [9.17, 15) is 53.5 Å². The number of halogens is 10. The molecule has 2 unspecified atom stereocenters. The van der Waals surface area contributed by atoms with E-state index in [1.54, 1.807) is 0 Å². The van der Waals surface area contributed by atoms with Crippen molar-refractivity contribution >= 4 is 23.6 Å². The first-order valence-corrected chi connectivity index (χ1v) is 12.0. The number of nitrogens with zero attached hydrogens (tertiary/aromatic N) is 1. The number of likely N-dealkylation sites (tertiary alicyclic amines) is 1. The standard InChI is InChI=1S/C23H17F10NO3S/c1-8(6-38-7-10-14(26)18(30)21(33)19(31)15(10)27)22(35)34-4-2-3-11(34)23(36)37-5-9-12(24)16(28)20(32)17(29)13(9)25/h8,11H,2-7H2,1H3. The summed E-state index contributed by atoms with van der Waals surface area (Å²) < 4.78 is 140. The van der Waals surface area contributed by atoms with Crippen LogP contribution in [0, 0.1) is 64.1 Å². The number of carbonyl (C=O) groups is 2. The average Bonchev–Trinajstić information content (AvgIpc) is 3.39. The molecule has 38 heavy (non-hydrogen) atoms. The van der Waals surface area contributed by atoms with Crippen molar-refractivity contribution in [1.29, 1.82) is 0 Å². The van der Waals surface area contributed by atoms with E-state index < -0.39 is 105 Å². The SMILES string of the molecule is CC(CSCc1c(F)c(F)c(F)c(F)c1F)C(=O)N1CCCC1C(=O)OCc1c(F)c(F)c(F)c(F)c1F. The molecule has 0 bridgehead atoms. The van der Waals surface area contributed by atoms with Crippen LogP contribution in [0.5, 0.6) is 0 Å². The number of benzene rings is 2. The van der Waals surface area contributed by atoms with Crippen molar-refractivity contribution in [3.63, 3.8) is 0 Å². The highest BCUT2D eigenvalue weighted by Gasteiger charge is 2.37. The third-order valence-electron chi connectivity index (χ3n) is 5.80. The molecule has 0 aliphatic carbocycles. The van der Waals surface area contributed by atoms with Crippen LogP contribution in [0.15, 0.2) is 0 Å². The van der Waals surface area contributed by atoms with Crippen molar-refractivity contribution in [2.24, 2.45) is 5.92 Å². The normalized spacial score (nSPS) is 16.2. The minimum absolute atomic E-state index is 0.0494. The lowest BCUT2D eigenvalue weighted by Crippen LogP contribution is -2.44. The van der Waals surface area contributed by atoms with Gasteiger partial charge in [-0.2, -0.15) is 11.8 Å². The summed E-state index contributed by atoms with van der Waals surface area (Å²) in [6, 6.07) is -1.24. The minimum Gasteiger partial charge on any atom is -0.459 e. The molecule has 1 saturated heterocycles. The van der Waals surface area contributed by atoms with Crippen molar-refractivity contribution in [2.75, 3.05) is 12.3 Å². The zero-order valence-corrected chi connectivity index (χ0v) is 20.1. The van der Waals surface area contributed by atoms with Gasteiger partial charge in [-0.3, -0.25) is 4.79 Å². The maximum Gasteiger partial charge on any atom is 0.329 e. The van der Waals surface area contributed by atoms with Crippen LogP contribution >= 0.6 is 11.8 Å². The molecule has 15 heteroatoms. The summed E-state index contributed by atoms with van der Waals surface area (Å²) in [7, 11) is 0. The van der Waals surface area contributed by atoms with Gasteiger partial charge in [0.2, 0.25) is 17.5 Å². The van der Waals surface area contributed by atoms with Crippen LogP contribution in [0.25, 0.3) is 0 Å². The molecule has 2 aromatic carbocycles. The highest BCUT2D eigenvalue weighted by atomic mass is 32.2. The van der Waals surface area contributed by atoms with E-state index in [1.807, 2.05) is 0 Å². The Labute approximate surface area is 212 Å². The first-order chi connectivity index (χ1) is 17.8. The third kappa shape index (κ3) is 5.57. The van der Waals surface area contributed by atoms with E-state index in [2.05, 4.69) is 0 Å². The molecule has 0 N–H and O–H groups in total. The number of hydrogen-bond donors (Lipinski definition) is 0. The molecule has 1 fully saturated rings. The number of hydrogen-bond acceptors (Lipinski definition) is 4. The molecule has 2 aromatic rings. The minimum atomic E-state index is -2.38. The van der Waals surface area contributed by atoms with Crippen molar-refractivity contribution < 1.29 is 58.2 Å². The fourth-order valence-electron chi connectivity index (χ4n) is 3.76. The molecule has 3 rings (SSSR count). The molecule has 1 aliphatic heterocycles. The number of ether oxygens (including phenoxy) is 1. The highest BCUT2D eigenvalue weighted by molar-refractivity contribution is 7.98. The summed E-state index contributed by atoms with van der Waals surface area (Å²) in [5, 5.41) is 0. The Balaban J connectivity index is 1.62.